The molecule has 0 aliphatic carbocycles. The maximum Gasteiger partial charge on any atom is 0.416 e. The quantitative estimate of drug-likeness (QED) is 0.234. The van der Waals surface area contributed by atoms with Crippen LogP contribution in [0.5, 0.6) is 5.75 Å². The molecule has 0 fully saturated rings. The van der Waals surface area contributed by atoms with Crippen LogP contribution in [0.1, 0.15) is 22.1 Å². The fourth-order valence-corrected chi connectivity index (χ4v) is 5.05. The van der Waals surface area contributed by atoms with Crippen LogP contribution in [-0.2, 0) is 23.9 Å². The summed E-state index contributed by atoms with van der Waals surface area (Å²) >= 11 is 1.37. The SMILES string of the molecule is O=C(O)Cn1ccc2cc(OC(Cc3ccccc3)c3cnc(-c4ccc(C(F)(F)F)cc4)s3)ccc21. The molecular weight excluding hydrogens is 501 g/mol. The standard InChI is InChI=1S/C28H21F3N2O3S/c29-28(30,31)21-8-6-19(7-9-21)27-32-16-25(37-27)24(14-18-4-2-1-3-5-18)36-22-10-11-23-20(15-22)12-13-33(23)17-26(34)35/h1-13,15-16,24H,14,17H2,(H,34,35). The average Bonchev–Trinajstić information content (AvgIpc) is 3.51. The molecule has 0 saturated carbocycles. The van der Waals surface area contributed by atoms with E-state index in [-0.39, 0.29) is 12.6 Å². The van der Waals surface area contributed by atoms with Gasteiger partial charge in [0.25, 0.3) is 0 Å². The summed E-state index contributed by atoms with van der Waals surface area (Å²) in [4.78, 5) is 16.4. The predicted octanol–water partition coefficient (Wildman–Crippen LogP) is 7.23. The molecule has 188 valence electrons. The first-order valence-corrected chi connectivity index (χ1v) is 12.2. The topological polar surface area (TPSA) is 64.3 Å². The minimum atomic E-state index is -4.39. The molecule has 0 aliphatic rings. The zero-order valence-electron chi connectivity index (χ0n) is 19.4. The van der Waals surface area contributed by atoms with Crippen LogP contribution in [0.3, 0.4) is 0 Å². The van der Waals surface area contributed by atoms with E-state index in [0.717, 1.165) is 33.5 Å². The Morgan fingerprint density at radius 3 is 2.49 bits per heavy atom. The molecular formula is C28H21F3N2O3S. The van der Waals surface area contributed by atoms with Gasteiger partial charge in [-0.05, 0) is 42.0 Å². The minimum Gasteiger partial charge on any atom is -0.484 e. The number of aromatic nitrogens is 2. The number of alkyl halides is 3. The number of aliphatic carboxylic acids is 1. The summed E-state index contributed by atoms with van der Waals surface area (Å²) in [7, 11) is 0. The van der Waals surface area contributed by atoms with E-state index < -0.39 is 17.7 Å². The average molecular weight is 523 g/mol. The highest BCUT2D eigenvalue weighted by molar-refractivity contribution is 7.15. The molecule has 1 atom stereocenters. The molecule has 0 bridgehead atoms. The number of carboxylic acid groups (broad SMARTS) is 1. The second kappa shape index (κ2) is 10.1. The maximum absolute atomic E-state index is 12.9. The van der Waals surface area contributed by atoms with Crippen LogP contribution in [-0.4, -0.2) is 20.6 Å². The Kier molecular flexibility index (Phi) is 6.71. The number of thiazole rings is 1. The van der Waals surface area contributed by atoms with Gasteiger partial charge >= 0.3 is 12.1 Å². The third kappa shape index (κ3) is 5.67. The molecule has 2 aromatic heterocycles. The number of rotatable bonds is 8. The lowest BCUT2D eigenvalue weighted by Gasteiger charge is -2.18. The van der Waals surface area contributed by atoms with Crippen molar-refractivity contribution in [2.45, 2.75) is 25.2 Å². The predicted molar refractivity (Wildman–Crippen MR) is 136 cm³/mol. The monoisotopic (exact) mass is 522 g/mol. The van der Waals surface area contributed by atoms with Crippen molar-refractivity contribution in [2.75, 3.05) is 0 Å². The molecule has 0 spiro atoms. The summed E-state index contributed by atoms with van der Waals surface area (Å²) in [6, 6.07) is 22.1. The summed E-state index contributed by atoms with van der Waals surface area (Å²) in [6.07, 6.45) is -0.789. The molecule has 0 saturated heterocycles. The van der Waals surface area contributed by atoms with Crippen molar-refractivity contribution in [3.63, 3.8) is 0 Å². The molecule has 3 aromatic carbocycles. The lowest BCUT2D eigenvalue weighted by atomic mass is 10.1. The van der Waals surface area contributed by atoms with E-state index in [0.29, 0.717) is 22.7 Å². The first kappa shape index (κ1) is 24.6. The molecule has 5 aromatic rings. The zero-order chi connectivity index (χ0) is 26.0. The maximum atomic E-state index is 12.9. The summed E-state index contributed by atoms with van der Waals surface area (Å²) < 4.78 is 46.9. The molecule has 37 heavy (non-hydrogen) atoms. The number of hydrogen-bond acceptors (Lipinski definition) is 4. The molecule has 0 aliphatic heterocycles. The van der Waals surface area contributed by atoms with Crippen LogP contribution in [0.15, 0.2) is 91.3 Å². The van der Waals surface area contributed by atoms with Crippen LogP contribution in [0.2, 0.25) is 0 Å². The Hall–Kier alpha value is -4.11. The highest BCUT2D eigenvalue weighted by Gasteiger charge is 2.30. The molecule has 9 heteroatoms. The van der Waals surface area contributed by atoms with E-state index in [4.69, 9.17) is 9.84 Å². The van der Waals surface area contributed by atoms with E-state index in [1.807, 2.05) is 48.5 Å². The van der Waals surface area contributed by atoms with Crippen LogP contribution >= 0.6 is 11.3 Å². The summed E-state index contributed by atoms with van der Waals surface area (Å²) in [5, 5.41) is 10.6. The second-order valence-corrected chi connectivity index (χ2v) is 9.56. The fourth-order valence-electron chi connectivity index (χ4n) is 4.10. The highest BCUT2D eigenvalue weighted by Crippen LogP contribution is 2.36. The number of benzene rings is 3. The number of carbonyl (C=O) groups is 1. The van der Waals surface area contributed by atoms with Gasteiger partial charge in [-0.25, -0.2) is 4.98 Å². The zero-order valence-corrected chi connectivity index (χ0v) is 20.2. The molecule has 5 rings (SSSR count). The van der Waals surface area contributed by atoms with Gasteiger partial charge in [0.15, 0.2) is 0 Å². The first-order valence-electron chi connectivity index (χ1n) is 11.4. The van der Waals surface area contributed by atoms with E-state index in [1.54, 1.807) is 23.0 Å². The number of hydrogen-bond donors (Lipinski definition) is 1. The van der Waals surface area contributed by atoms with E-state index >= 15 is 0 Å². The van der Waals surface area contributed by atoms with Crippen molar-refractivity contribution in [3.05, 3.63) is 107 Å². The van der Waals surface area contributed by atoms with Gasteiger partial charge in [-0.1, -0.05) is 42.5 Å². The second-order valence-electron chi connectivity index (χ2n) is 8.50. The van der Waals surface area contributed by atoms with Gasteiger partial charge in [0, 0.05) is 35.3 Å². The van der Waals surface area contributed by atoms with Gasteiger partial charge in [-0.3, -0.25) is 4.79 Å². The van der Waals surface area contributed by atoms with Crippen LogP contribution in [0.4, 0.5) is 13.2 Å². The minimum absolute atomic E-state index is 0.131. The Morgan fingerprint density at radius 2 is 1.78 bits per heavy atom. The largest absolute Gasteiger partial charge is 0.484 e. The Morgan fingerprint density at radius 1 is 1.03 bits per heavy atom. The van der Waals surface area contributed by atoms with E-state index in [1.165, 1.54) is 23.5 Å². The van der Waals surface area contributed by atoms with E-state index in [2.05, 4.69) is 4.98 Å². The van der Waals surface area contributed by atoms with Crippen LogP contribution in [0, 0.1) is 0 Å². The van der Waals surface area contributed by atoms with Gasteiger partial charge in [-0.2, -0.15) is 13.2 Å². The summed E-state index contributed by atoms with van der Waals surface area (Å²) in [5.74, 6) is -0.305. The van der Waals surface area contributed by atoms with Gasteiger partial charge in [0.2, 0.25) is 0 Å². The Bertz CT molecular complexity index is 1530. The van der Waals surface area contributed by atoms with Gasteiger partial charge in [0.1, 0.15) is 23.4 Å². The molecule has 0 radical (unpaired) electrons. The fraction of sp³-hybridized carbons (Fsp3) is 0.143. The number of ether oxygens (including phenoxy) is 1. The van der Waals surface area contributed by atoms with Crippen molar-refractivity contribution < 1.29 is 27.8 Å². The lowest BCUT2D eigenvalue weighted by molar-refractivity contribution is -0.138. The first-order chi connectivity index (χ1) is 17.8. The number of nitrogens with zero attached hydrogens (tertiary/aromatic N) is 2. The van der Waals surface area contributed by atoms with Gasteiger partial charge in [0.05, 0.1) is 10.4 Å². The molecule has 2 heterocycles. The van der Waals surface area contributed by atoms with Gasteiger partial charge < -0.3 is 14.4 Å². The lowest BCUT2D eigenvalue weighted by Crippen LogP contribution is -2.10. The normalized spacial score (nSPS) is 12.5. The third-order valence-electron chi connectivity index (χ3n) is 5.89. The Labute approximate surface area is 214 Å². The molecule has 0 amide bonds. The van der Waals surface area contributed by atoms with Crippen molar-refractivity contribution in [1.29, 1.82) is 0 Å². The smallest absolute Gasteiger partial charge is 0.416 e. The van der Waals surface area contributed by atoms with E-state index in [9.17, 15) is 18.0 Å². The van der Waals surface area contributed by atoms with Crippen molar-refractivity contribution >= 4 is 28.2 Å². The number of carboxylic acids is 1. The molecule has 1 N–H and O–H groups in total. The summed E-state index contributed by atoms with van der Waals surface area (Å²) in [5.41, 5.74) is 1.75. The van der Waals surface area contributed by atoms with Crippen LogP contribution < -0.4 is 4.74 Å². The molecule has 5 nitrogen and oxygen atoms in total. The number of fused-ring (bicyclic) bond motifs is 1. The highest BCUT2D eigenvalue weighted by atomic mass is 32.1. The third-order valence-corrected chi connectivity index (χ3v) is 7.03. The van der Waals surface area contributed by atoms with Crippen molar-refractivity contribution in [3.8, 4) is 16.3 Å². The Balaban J connectivity index is 1.43. The molecule has 1 unspecified atom stereocenters. The van der Waals surface area contributed by atoms with Crippen molar-refractivity contribution in [1.82, 2.24) is 9.55 Å². The summed E-state index contributed by atoms with van der Waals surface area (Å²) in [6.45, 7) is -0.131. The van der Waals surface area contributed by atoms with Crippen LogP contribution in [0.25, 0.3) is 21.5 Å². The number of halogens is 3. The van der Waals surface area contributed by atoms with Gasteiger partial charge in [-0.15, -0.1) is 11.3 Å². The van der Waals surface area contributed by atoms with Crippen molar-refractivity contribution in [2.24, 2.45) is 0 Å².